The summed E-state index contributed by atoms with van der Waals surface area (Å²) in [7, 11) is 0. The van der Waals surface area contributed by atoms with Crippen LogP contribution in [0.1, 0.15) is 34.8 Å². The van der Waals surface area contributed by atoms with E-state index in [0.29, 0.717) is 11.4 Å². The van der Waals surface area contributed by atoms with Gasteiger partial charge in [-0.3, -0.25) is 4.79 Å². The zero-order chi connectivity index (χ0) is 14.1. The Morgan fingerprint density at radius 3 is 3.05 bits per heavy atom. The normalized spacial score (nSPS) is 17.8. The highest BCUT2D eigenvalue weighted by Gasteiger charge is 2.27. The molecule has 0 fully saturated rings. The Bertz CT molecular complexity index is 650. The van der Waals surface area contributed by atoms with Crippen LogP contribution in [0.15, 0.2) is 34.1 Å². The Morgan fingerprint density at radius 2 is 2.25 bits per heavy atom. The summed E-state index contributed by atoms with van der Waals surface area (Å²) in [6.07, 6.45) is 3.62. The van der Waals surface area contributed by atoms with Crippen LogP contribution >= 0.6 is 38.9 Å². The van der Waals surface area contributed by atoms with Crippen LogP contribution in [0.25, 0.3) is 0 Å². The third kappa shape index (κ3) is 2.85. The van der Waals surface area contributed by atoms with Crippen LogP contribution in [0.5, 0.6) is 0 Å². The van der Waals surface area contributed by atoms with E-state index >= 15 is 0 Å². The minimum absolute atomic E-state index is 0.0599. The molecule has 1 heterocycles. The van der Waals surface area contributed by atoms with Crippen molar-refractivity contribution in [3.05, 3.63) is 55.1 Å². The van der Waals surface area contributed by atoms with Crippen LogP contribution < -0.4 is 0 Å². The van der Waals surface area contributed by atoms with Gasteiger partial charge in [-0.05, 0) is 54.0 Å². The fraction of sp³-hybridized carbons (Fsp3) is 0.312. The number of hydrogen-bond donors (Lipinski definition) is 0. The lowest BCUT2D eigenvalue weighted by Crippen LogP contribution is -2.19. The Balaban J connectivity index is 1.81. The molecule has 3 rings (SSSR count). The molecule has 20 heavy (non-hydrogen) atoms. The van der Waals surface area contributed by atoms with E-state index in [1.54, 1.807) is 11.3 Å². The number of aryl methyl sites for hydroxylation is 1. The summed E-state index contributed by atoms with van der Waals surface area (Å²) in [6, 6.07) is 7.83. The number of carbonyl (C=O) groups is 1. The van der Waals surface area contributed by atoms with Gasteiger partial charge >= 0.3 is 0 Å². The predicted molar refractivity (Wildman–Crippen MR) is 87.9 cm³/mol. The molecule has 0 spiro atoms. The lowest BCUT2D eigenvalue weighted by molar-refractivity contribution is -0.120. The predicted octanol–water partition coefficient (Wildman–Crippen LogP) is 5.40. The van der Waals surface area contributed by atoms with E-state index in [9.17, 15) is 4.79 Å². The van der Waals surface area contributed by atoms with Gasteiger partial charge in [0.2, 0.25) is 0 Å². The summed E-state index contributed by atoms with van der Waals surface area (Å²) in [5.41, 5.74) is 2.17. The average Bonchev–Trinajstić information content (AvgIpc) is 2.90. The highest BCUT2D eigenvalue weighted by atomic mass is 79.9. The van der Waals surface area contributed by atoms with Crippen LogP contribution in [0, 0.1) is 0 Å². The van der Waals surface area contributed by atoms with E-state index in [-0.39, 0.29) is 11.7 Å². The molecular formula is C16H14BrClOS. The largest absolute Gasteiger partial charge is 0.299 e. The third-order valence-corrected chi connectivity index (χ3v) is 5.66. The first-order valence-corrected chi connectivity index (χ1v) is 8.73. The van der Waals surface area contributed by atoms with Crippen LogP contribution in [0.2, 0.25) is 5.02 Å². The Kier molecular flexibility index (Phi) is 4.29. The number of rotatable bonds is 3. The maximum Gasteiger partial charge on any atom is 0.144 e. The fourth-order valence-electron chi connectivity index (χ4n) is 2.80. The van der Waals surface area contributed by atoms with Gasteiger partial charge in [0.25, 0.3) is 0 Å². The lowest BCUT2D eigenvalue weighted by atomic mass is 9.83. The second kappa shape index (κ2) is 6.00. The molecule has 0 saturated carbocycles. The molecule has 1 aromatic heterocycles. The molecule has 1 aromatic carbocycles. The van der Waals surface area contributed by atoms with E-state index in [4.69, 9.17) is 11.6 Å². The molecular weight excluding hydrogens is 356 g/mol. The zero-order valence-corrected chi connectivity index (χ0v) is 14.0. The average molecular weight is 370 g/mol. The SMILES string of the molecule is O=C(Cc1ccc(Br)cc1Cl)C1CCCc2sccc21. The molecule has 1 aliphatic carbocycles. The van der Waals surface area contributed by atoms with Gasteiger partial charge in [0, 0.05) is 26.7 Å². The van der Waals surface area contributed by atoms with Crippen molar-refractivity contribution in [1.82, 2.24) is 0 Å². The number of hydrogen-bond acceptors (Lipinski definition) is 2. The van der Waals surface area contributed by atoms with Gasteiger partial charge in [-0.15, -0.1) is 11.3 Å². The van der Waals surface area contributed by atoms with Crippen molar-refractivity contribution in [2.75, 3.05) is 0 Å². The minimum atomic E-state index is 0.0599. The van der Waals surface area contributed by atoms with Gasteiger partial charge in [-0.1, -0.05) is 33.6 Å². The topological polar surface area (TPSA) is 17.1 Å². The van der Waals surface area contributed by atoms with E-state index in [2.05, 4.69) is 27.4 Å². The smallest absolute Gasteiger partial charge is 0.144 e. The van der Waals surface area contributed by atoms with Crippen molar-refractivity contribution < 1.29 is 4.79 Å². The molecule has 1 aliphatic rings. The number of halogens is 2. The van der Waals surface area contributed by atoms with Crippen molar-refractivity contribution in [2.24, 2.45) is 0 Å². The maximum atomic E-state index is 12.6. The van der Waals surface area contributed by atoms with Crippen molar-refractivity contribution in [3.8, 4) is 0 Å². The van der Waals surface area contributed by atoms with Crippen molar-refractivity contribution in [2.45, 2.75) is 31.6 Å². The standard InChI is InChI=1S/C16H14BrClOS/c17-11-5-4-10(14(18)9-11)8-15(19)12-2-1-3-16-13(12)6-7-20-16/h4-7,9,12H,1-3,8H2. The van der Waals surface area contributed by atoms with Gasteiger partial charge < -0.3 is 0 Å². The molecule has 4 heteroatoms. The Hall–Kier alpha value is -0.640. The summed E-state index contributed by atoms with van der Waals surface area (Å²) in [4.78, 5) is 14.0. The van der Waals surface area contributed by atoms with Gasteiger partial charge in [0.05, 0.1) is 0 Å². The van der Waals surface area contributed by atoms with Crippen LogP contribution in [0.4, 0.5) is 0 Å². The van der Waals surface area contributed by atoms with Gasteiger partial charge in [-0.25, -0.2) is 0 Å². The number of ketones is 1. The molecule has 0 aliphatic heterocycles. The molecule has 1 nitrogen and oxygen atoms in total. The molecule has 0 amide bonds. The fourth-order valence-corrected chi connectivity index (χ4v) is 4.52. The first kappa shape index (κ1) is 14.3. The number of carbonyl (C=O) groups excluding carboxylic acids is 1. The lowest BCUT2D eigenvalue weighted by Gasteiger charge is -2.21. The molecule has 0 bridgehead atoms. The van der Waals surface area contributed by atoms with Crippen molar-refractivity contribution in [1.29, 1.82) is 0 Å². The first-order chi connectivity index (χ1) is 9.65. The Labute approximate surface area is 136 Å². The second-order valence-corrected chi connectivity index (χ2v) is 7.45. The van der Waals surface area contributed by atoms with Crippen LogP contribution in [-0.2, 0) is 17.6 Å². The highest BCUT2D eigenvalue weighted by molar-refractivity contribution is 9.10. The van der Waals surface area contributed by atoms with Crippen LogP contribution in [-0.4, -0.2) is 5.78 Å². The monoisotopic (exact) mass is 368 g/mol. The molecule has 2 aromatic rings. The van der Waals surface area contributed by atoms with E-state index < -0.39 is 0 Å². The summed E-state index contributed by atoms with van der Waals surface area (Å²) in [5, 5.41) is 2.76. The number of benzene rings is 1. The summed E-state index contributed by atoms with van der Waals surface area (Å²) >= 11 is 11.4. The van der Waals surface area contributed by atoms with Gasteiger partial charge in [0.1, 0.15) is 5.78 Å². The molecule has 0 saturated heterocycles. The van der Waals surface area contributed by atoms with Gasteiger partial charge in [0.15, 0.2) is 0 Å². The third-order valence-electron chi connectivity index (χ3n) is 3.82. The Morgan fingerprint density at radius 1 is 1.40 bits per heavy atom. The van der Waals surface area contributed by atoms with E-state index in [1.165, 1.54) is 10.4 Å². The minimum Gasteiger partial charge on any atom is -0.299 e. The maximum absolute atomic E-state index is 12.6. The molecule has 1 unspecified atom stereocenters. The van der Waals surface area contributed by atoms with E-state index in [0.717, 1.165) is 29.3 Å². The summed E-state index contributed by atoms with van der Waals surface area (Å²) in [6.45, 7) is 0. The zero-order valence-electron chi connectivity index (χ0n) is 10.9. The number of Topliss-reactive ketones (excluding diaryl/α,β-unsaturated/α-hetero) is 1. The second-order valence-electron chi connectivity index (χ2n) is 5.12. The number of thiophene rings is 1. The van der Waals surface area contributed by atoms with Crippen molar-refractivity contribution in [3.63, 3.8) is 0 Å². The molecule has 1 atom stereocenters. The molecule has 0 radical (unpaired) electrons. The van der Waals surface area contributed by atoms with Gasteiger partial charge in [-0.2, -0.15) is 0 Å². The number of fused-ring (bicyclic) bond motifs is 1. The van der Waals surface area contributed by atoms with E-state index in [1.807, 2.05) is 18.2 Å². The quantitative estimate of drug-likeness (QED) is 0.708. The molecule has 104 valence electrons. The molecule has 0 N–H and O–H groups in total. The van der Waals surface area contributed by atoms with Crippen molar-refractivity contribution >= 4 is 44.7 Å². The van der Waals surface area contributed by atoms with Crippen LogP contribution in [0.3, 0.4) is 0 Å². The summed E-state index contributed by atoms with van der Waals surface area (Å²) < 4.78 is 0.941. The highest BCUT2D eigenvalue weighted by Crippen LogP contribution is 2.36. The summed E-state index contributed by atoms with van der Waals surface area (Å²) in [5.74, 6) is 0.346. The first-order valence-electron chi connectivity index (χ1n) is 6.68.